The Kier molecular flexibility index (Phi) is 7.51. The SMILES string of the molecule is C=C(Nc1nc2ccc(N)cc2s1)c1cc(OCc2ccccc2Cl)cc(OCc2ccccc2Cl)c1. The molecular formula is C29H23Cl2N3O2S. The number of halogens is 2. The molecule has 0 unspecified atom stereocenters. The highest BCUT2D eigenvalue weighted by molar-refractivity contribution is 7.22. The van der Waals surface area contributed by atoms with Gasteiger partial charge >= 0.3 is 0 Å². The molecule has 8 heteroatoms. The van der Waals surface area contributed by atoms with E-state index in [2.05, 4.69) is 16.9 Å². The van der Waals surface area contributed by atoms with E-state index in [0.29, 0.717) is 51.3 Å². The monoisotopic (exact) mass is 547 g/mol. The maximum atomic E-state index is 6.31. The molecule has 0 aliphatic carbocycles. The predicted molar refractivity (Wildman–Crippen MR) is 155 cm³/mol. The van der Waals surface area contributed by atoms with E-state index in [-0.39, 0.29) is 0 Å². The Balaban J connectivity index is 1.39. The summed E-state index contributed by atoms with van der Waals surface area (Å²) < 4.78 is 13.2. The summed E-state index contributed by atoms with van der Waals surface area (Å²) in [6, 6.07) is 26.5. The molecule has 0 aliphatic heterocycles. The van der Waals surface area contributed by atoms with Crippen molar-refractivity contribution in [2.24, 2.45) is 0 Å². The lowest BCUT2D eigenvalue weighted by atomic mass is 10.1. The van der Waals surface area contributed by atoms with Gasteiger partial charge < -0.3 is 20.5 Å². The number of nitrogens with two attached hydrogens (primary N) is 1. The number of nitrogens with one attached hydrogen (secondary N) is 1. The van der Waals surface area contributed by atoms with Gasteiger partial charge in [0.15, 0.2) is 5.13 Å². The minimum Gasteiger partial charge on any atom is -0.489 e. The summed E-state index contributed by atoms with van der Waals surface area (Å²) in [5, 5.41) is 5.32. The summed E-state index contributed by atoms with van der Waals surface area (Å²) in [6.45, 7) is 4.86. The normalized spacial score (nSPS) is 10.9. The van der Waals surface area contributed by atoms with Crippen LogP contribution in [0.4, 0.5) is 10.8 Å². The molecule has 37 heavy (non-hydrogen) atoms. The topological polar surface area (TPSA) is 69.4 Å². The number of hydrogen-bond donors (Lipinski definition) is 2. The molecule has 0 aliphatic rings. The molecule has 4 aromatic carbocycles. The number of benzene rings is 4. The van der Waals surface area contributed by atoms with Gasteiger partial charge in [0.1, 0.15) is 24.7 Å². The van der Waals surface area contributed by atoms with Crippen LogP contribution in [-0.4, -0.2) is 4.98 Å². The first-order valence-corrected chi connectivity index (χ1v) is 13.0. The quantitative estimate of drug-likeness (QED) is 0.181. The highest BCUT2D eigenvalue weighted by Crippen LogP contribution is 2.32. The molecule has 0 atom stereocenters. The number of nitrogens with zero attached hydrogens (tertiary/aromatic N) is 1. The zero-order valence-corrected chi connectivity index (χ0v) is 22.0. The van der Waals surface area contributed by atoms with Gasteiger partial charge in [0.25, 0.3) is 0 Å². The third-order valence-electron chi connectivity index (χ3n) is 5.60. The predicted octanol–water partition coefficient (Wildman–Crippen LogP) is 8.43. The van der Waals surface area contributed by atoms with Crippen molar-refractivity contribution >= 4 is 61.3 Å². The Morgan fingerprint density at radius 2 is 1.43 bits per heavy atom. The number of nitrogen functional groups attached to an aromatic ring is 1. The Morgan fingerprint density at radius 1 is 0.838 bits per heavy atom. The summed E-state index contributed by atoms with van der Waals surface area (Å²) in [5.74, 6) is 1.23. The molecule has 0 fully saturated rings. The van der Waals surface area contributed by atoms with Crippen LogP contribution in [0.5, 0.6) is 11.5 Å². The number of anilines is 2. The highest BCUT2D eigenvalue weighted by Gasteiger charge is 2.11. The second-order valence-corrected chi connectivity index (χ2v) is 10.1. The first-order chi connectivity index (χ1) is 17.9. The zero-order chi connectivity index (χ0) is 25.8. The van der Waals surface area contributed by atoms with Crippen LogP contribution in [0.2, 0.25) is 10.0 Å². The fraction of sp³-hybridized carbons (Fsp3) is 0.0690. The number of hydrogen-bond acceptors (Lipinski definition) is 6. The number of fused-ring (bicyclic) bond motifs is 1. The van der Waals surface area contributed by atoms with Gasteiger partial charge in [-0.2, -0.15) is 0 Å². The molecular weight excluding hydrogens is 525 g/mol. The zero-order valence-electron chi connectivity index (χ0n) is 19.7. The molecule has 5 nitrogen and oxygen atoms in total. The average Bonchev–Trinajstić information content (AvgIpc) is 3.29. The second-order valence-electron chi connectivity index (χ2n) is 8.30. The molecule has 0 saturated carbocycles. The van der Waals surface area contributed by atoms with Gasteiger partial charge in [0.05, 0.1) is 10.2 Å². The largest absolute Gasteiger partial charge is 0.489 e. The lowest BCUT2D eigenvalue weighted by Crippen LogP contribution is -2.02. The lowest BCUT2D eigenvalue weighted by molar-refractivity contribution is 0.290. The van der Waals surface area contributed by atoms with E-state index in [1.54, 1.807) is 0 Å². The smallest absolute Gasteiger partial charge is 0.188 e. The minimum absolute atomic E-state index is 0.312. The van der Waals surface area contributed by atoms with Crippen molar-refractivity contribution in [3.05, 3.63) is 118 Å². The fourth-order valence-electron chi connectivity index (χ4n) is 3.66. The summed E-state index contributed by atoms with van der Waals surface area (Å²) in [7, 11) is 0. The molecule has 0 spiro atoms. The maximum absolute atomic E-state index is 6.31. The molecule has 186 valence electrons. The van der Waals surface area contributed by atoms with E-state index >= 15 is 0 Å². The van der Waals surface area contributed by atoms with Gasteiger partial charge in [-0.25, -0.2) is 4.98 Å². The lowest BCUT2D eigenvalue weighted by Gasteiger charge is -2.15. The van der Waals surface area contributed by atoms with Crippen molar-refractivity contribution < 1.29 is 9.47 Å². The molecule has 0 saturated heterocycles. The van der Waals surface area contributed by atoms with Gasteiger partial charge in [0.2, 0.25) is 0 Å². The first kappa shape index (κ1) is 25.0. The number of ether oxygens (including phenoxy) is 2. The van der Waals surface area contributed by atoms with Crippen molar-refractivity contribution in [3.8, 4) is 11.5 Å². The summed E-state index contributed by atoms with van der Waals surface area (Å²) >= 11 is 14.1. The van der Waals surface area contributed by atoms with Gasteiger partial charge in [-0.15, -0.1) is 0 Å². The van der Waals surface area contributed by atoms with Crippen molar-refractivity contribution in [2.45, 2.75) is 13.2 Å². The van der Waals surface area contributed by atoms with Crippen molar-refractivity contribution in [3.63, 3.8) is 0 Å². The van der Waals surface area contributed by atoms with E-state index in [9.17, 15) is 0 Å². The van der Waals surface area contributed by atoms with Crippen molar-refractivity contribution in [1.82, 2.24) is 4.98 Å². The Hall–Kier alpha value is -3.71. The molecule has 5 rings (SSSR count). The molecule has 3 N–H and O–H groups in total. The van der Waals surface area contributed by atoms with E-state index in [1.807, 2.05) is 84.9 Å². The third-order valence-corrected chi connectivity index (χ3v) is 7.27. The van der Waals surface area contributed by atoms with Crippen LogP contribution in [0.15, 0.2) is 91.5 Å². The average molecular weight is 548 g/mol. The summed E-state index contributed by atoms with van der Waals surface area (Å²) in [5.41, 5.74) is 10.7. The number of rotatable bonds is 9. The van der Waals surface area contributed by atoms with Crippen LogP contribution in [-0.2, 0) is 13.2 Å². The van der Waals surface area contributed by atoms with Crippen LogP contribution in [0.3, 0.4) is 0 Å². The van der Waals surface area contributed by atoms with Gasteiger partial charge in [-0.1, -0.05) is 77.5 Å². The third kappa shape index (κ3) is 6.17. The molecule has 5 aromatic rings. The van der Waals surface area contributed by atoms with Crippen LogP contribution < -0.4 is 20.5 Å². The number of aromatic nitrogens is 1. The Morgan fingerprint density at radius 3 is 2.03 bits per heavy atom. The highest BCUT2D eigenvalue weighted by atomic mass is 35.5. The van der Waals surface area contributed by atoms with Crippen molar-refractivity contribution in [2.75, 3.05) is 11.1 Å². The van der Waals surface area contributed by atoms with Crippen LogP contribution in [0.25, 0.3) is 15.9 Å². The molecule has 1 heterocycles. The van der Waals surface area contributed by atoms with Crippen LogP contribution in [0, 0.1) is 0 Å². The maximum Gasteiger partial charge on any atom is 0.188 e. The van der Waals surface area contributed by atoms with Crippen LogP contribution in [0.1, 0.15) is 16.7 Å². The molecule has 1 aromatic heterocycles. The molecule has 0 radical (unpaired) electrons. The number of thiazole rings is 1. The standard InChI is InChI=1S/C29H23Cl2N3O2S/c1-18(33-29-34-27-11-10-22(32)14-28(27)37-29)21-12-23(35-16-19-6-2-4-8-25(19)30)15-24(13-21)36-17-20-7-3-5-9-26(20)31/h2-15H,1,16-17,32H2,(H,33,34). The Labute approximate surface area is 229 Å². The van der Waals surface area contributed by atoms with Crippen molar-refractivity contribution in [1.29, 1.82) is 0 Å². The summed E-state index contributed by atoms with van der Waals surface area (Å²) in [6.07, 6.45) is 0. The van der Waals surface area contributed by atoms with Gasteiger partial charge in [-0.05, 0) is 42.5 Å². The fourth-order valence-corrected chi connectivity index (χ4v) is 4.98. The van der Waals surface area contributed by atoms with E-state index in [0.717, 1.165) is 26.9 Å². The minimum atomic E-state index is 0.312. The first-order valence-electron chi connectivity index (χ1n) is 11.4. The van der Waals surface area contributed by atoms with E-state index < -0.39 is 0 Å². The molecule has 0 bridgehead atoms. The van der Waals surface area contributed by atoms with Crippen LogP contribution >= 0.6 is 34.5 Å². The molecule has 0 amide bonds. The Bertz CT molecular complexity index is 1520. The van der Waals surface area contributed by atoms with Gasteiger partial charge in [0, 0.05) is 44.2 Å². The second kappa shape index (κ2) is 11.1. The van der Waals surface area contributed by atoms with E-state index in [4.69, 9.17) is 38.4 Å². The van der Waals surface area contributed by atoms with Gasteiger partial charge in [-0.3, -0.25) is 0 Å². The van der Waals surface area contributed by atoms with E-state index in [1.165, 1.54) is 11.3 Å². The summed E-state index contributed by atoms with van der Waals surface area (Å²) in [4.78, 5) is 4.63.